The number of hydrogen-bond acceptors (Lipinski definition) is 4. The molecular weight excluding hydrogens is 348 g/mol. The third-order valence-electron chi connectivity index (χ3n) is 3.23. The standard InChI is InChI=1S/C13H19ClN2O2S3/c1-9(6-7-20-3)16(2)21(17,18)12-5-4-10(13(15)19)8-11(12)14/h4-5,8-9H,6-7H2,1-3H3,(H2,15,19). The molecule has 0 bridgehead atoms. The van der Waals surface area contributed by atoms with Gasteiger partial charge in [0.15, 0.2) is 0 Å². The number of thiocarbonyl (C=S) groups is 1. The molecule has 2 N–H and O–H groups in total. The van der Waals surface area contributed by atoms with Gasteiger partial charge in [-0.25, -0.2) is 8.42 Å². The van der Waals surface area contributed by atoms with Gasteiger partial charge in [0, 0.05) is 18.7 Å². The van der Waals surface area contributed by atoms with E-state index in [1.807, 2.05) is 13.2 Å². The summed E-state index contributed by atoms with van der Waals surface area (Å²) in [6.07, 6.45) is 2.77. The molecule has 0 spiro atoms. The maximum atomic E-state index is 12.6. The minimum atomic E-state index is -3.63. The van der Waals surface area contributed by atoms with E-state index in [9.17, 15) is 8.42 Å². The molecule has 1 rings (SSSR count). The van der Waals surface area contributed by atoms with Crippen molar-refractivity contribution in [3.05, 3.63) is 28.8 Å². The molecule has 21 heavy (non-hydrogen) atoms. The zero-order chi connectivity index (χ0) is 16.2. The fraction of sp³-hybridized carbons (Fsp3) is 0.462. The highest BCUT2D eigenvalue weighted by Crippen LogP contribution is 2.27. The Balaban J connectivity index is 3.10. The Morgan fingerprint density at radius 2 is 2.14 bits per heavy atom. The van der Waals surface area contributed by atoms with E-state index in [1.54, 1.807) is 24.9 Å². The smallest absolute Gasteiger partial charge is 0.244 e. The minimum Gasteiger partial charge on any atom is -0.389 e. The lowest BCUT2D eigenvalue weighted by Gasteiger charge is -2.24. The molecule has 0 amide bonds. The molecule has 1 atom stereocenters. The number of sulfonamides is 1. The summed E-state index contributed by atoms with van der Waals surface area (Å²) >= 11 is 12.6. The lowest BCUT2D eigenvalue weighted by atomic mass is 10.2. The Hall–Kier alpha value is -0.340. The zero-order valence-corrected chi connectivity index (χ0v) is 15.4. The second-order valence-electron chi connectivity index (χ2n) is 4.66. The minimum absolute atomic E-state index is 0.0719. The number of thioether (sulfide) groups is 1. The van der Waals surface area contributed by atoms with Gasteiger partial charge in [0.1, 0.15) is 9.88 Å². The quantitative estimate of drug-likeness (QED) is 0.752. The maximum Gasteiger partial charge on any atom is 0.244 e. The van der Waals surface area contributed by atoms with Gasteiger partial charge in [-0.1, -0.05) is 29.9 Å². The van der Waals surface area contributed by atoms with Crippen LogP contribution in [-0.4, -0.2) is 42.8 Å². The highest BCUT2D eigenvalue weighted by atomic mass is 35.5. The molecule has 0 fully saturated rings. The molecule has 0 aliphatic rings. The summed E-state index contributed by atoms with van der Waals surface area (Å²) in [6, 6.07) is 4.40. The number of benzene rings is 1. The van der Waals surface area contributed by atoms with Crippen LogP contribution in [0.2, 0.25) is 5.02 Å². The van der Waals surface area contributed by atoms with Crippen molar-refractivity contribution in [2.24, 2.45) is 5.73 Å². The first-order chi connectivity index (χ1) is 9.71. The van der Waals surface area contributed by atoms with Crippen LogP contribution < -0.4 is 5.73 Å². The van der Waals surface area contributed by atoms with Crippen molar-refractivity contribution in [2.45, 2.75) is 24.3 Å². The van der Waals surface area contributed by atoms with Crippen molar-refractivity contribution in [1.82, 2.24) is 4.31 Å². The highest BCUT2D eigenvalue weighted by molar-refractivity contribution is 7.98. The van der Waals surface area contributed by atoms with Gasteiger partial charge in [-0.05, 0) is 37.5 Å². The summed E-state index contributed by atoms with van der Waals surface area (Å²) in [6.45, 7) is 1.88. The van der Waals surface area contributed by atoms with Crippen molar-refractivity contribution in [1.29, 1.82) is 0 Å². The third-order valence-corrected chi connectivity index (χ3v) is 6.57. The van der Waals surface area contributed by atoms with E-state index in [0.717, 1.165) is 12.2 Å². The van der Waals surface area contributed by atoms with Crippen LogP contribution in [0.5, 0.6) is 0 Å². The van der Waals surface area contributed by atoms with Gasteiger partial charge in [0.2, 0.25) is 10.0 Å². The van der Waals surface area contributed by atoms with Gasteiger partial charge in [0.05, 0.1) is 5.02 Å². The van der Waals surface area contributed by atoms with Crippen molar-refractivity contribution >= 4 is 50.6 Å². The Morgan fingerprint density at radius 1 is 1.52 bits per heavy atom. The summed E-state index contributed by atoms with van der Waals surface area (Å²) in [5, 5.41) is 0.129. The molecule has 1 unspecified atom stereocenters. The van der Waals surface area contributed by atoms with Crippen LogP contribution in [0.25, 0.3) is 0 Å². The number of hydrogen-bond donors (Lipinski definition) is 1. The Labute approximate surface area is 141 Å². The second-order valence-corrected chi connectivity index (χ2v) is 8.46. The van der Waals surface area contributed by atoms with Crippen LogP contribution in [0.15, 0.2) is 23.1 Å². The normalized spacial score (nSPS) is 13.4. The molecule has 0 saturated carbocycles. The molecule has 0 saturated heterocycles. The number of rotatable bonds is 7. The number of halogens is 1. The summed E-state index contributed by atoms with van der Waals surface area (Å²) in [5.74, 6) is 0.898. The number of nitrogens with two attached hydrogens (primary N) is 1. The molecule has 8 heteroatoms. The van der Waals surface area contributed by atoms with E-state index < -0.39 is 10.0 Å². The monoisotopic (exact) mass is 366 g/mol. The van der Waals surface area contributed by atoms with Crippen LogP contribution in [0.4, 0.5) is 0 Å². The Morgan fingerprint density at radius 3 is 2.62 bits per heavy atom. The SMILES string of the molecule is CSCCC(C)N(C)S(=O)(=O)c1ccc(C(N)=S)cc1Cl. The predicted molar refractivity (Wildman–Crippen MR) is 94.7 cm³/mol. The second kappa shape index (κ2) is 7.78. The molecule has 0 radical (unpaired) electrons. The average Bonchev–Trinajstić information content (AvgIpc) is 2.43. The fourth-order valence-corrected chi connectivity index (χ4v) is 4.34. The van der Waals surface area contributed by atoms with Crippen LogP contribution in [0.3, 0.4) is 0 Å². The van der Waals surface area contributed by atoms with Gasteiger partial charge < -0.3 is 5.73 Å². The summed E-state index contributed by atoms with van der Waals surface area (Å²) in [4.78, 5) is 0.255. The largest absolute Gasteiger partial charge is 0.389 e. The lowest BCUT2D eigenvalue weighted by Crippen LogP contribution is -2.35. The van der Waals surface area contributed by atoms with E-state index >= 15 is 0 Å². The molecule has 0 heterocycles. The molecular formula is C13H19ClN2O2S3. The number of nitrogens with zero attached hydrogens (tertiary/aromatic N) is 1. The van der Waals surface area contributed by atoms with Crippen LogP contribution in [0.1, 0.15) is 18.9 Å². The van der Waals surface area contributed by atoms with E-state index in [0.29, 0.717) is 5.56 Å². The van der Waals surface area contributed by atoms with Gasteiger partial charge in [-0.2, -0.15) is 16.1 Å². The molecule has 4 nitrogen and oxygen atoms in total. The predicted octanol–water partition coefficient (Wildman–Crippen LogP) is 2.74. The Bertz CT molecular complexity index is 620. The van der Waals surface area contributed by atoms with Crippen LogP contribution in [-0.2, 0) is 10.0 Å². The van der Waals surface area contributed by atoms with Gasteiger partial charge >= 0.3 is 0 Å². The molecule has 118 valence electrons. The first kappa shape index (κ1) is 18.7. The van der Waals surface area contributed by atoms with Crippen molar-refractivity contribution < 1.29 is 8.42 Å². The highest BCUT2D eigenvalue weighted by Gasteiger charge is 2.27. The van der Waals surface area contributed by atoms with Crippen molar-refractivity contribution in [2.75, 3.05) is 19.1 Å². The first-order valence-corrected chi connectivity index (χ1v) is 9.90. The third kappa shape index (κ3) is 4.56. The van der Waals surface area contributed by atoms with Crippen LogP contribution >= 0.6 is 35.6 Å². The van der Waals surface area contributed by atoms with Gasteiger partial charge in [-0.15, -0.1) is 0 Å². The topological polar surface area (TPSA) is 63.4 Å². The van der Waals surface area contributed by atoms with E-state index in [4.69, 9.17) is 29.6 Å². The van der Waals surface area contributed by atoms with Gasteiger partial charge in [-0.3, -0.25) is 0 Å². The average molecular weight is 367 g/mol. The van der Waals surface area contributed by atoms with Gasteiger partial charge in [0.25, 0.3) is 0 Å². The lowest BCUT2D eigenvalue weighted by molar-refractivity contribution is 0.382. The first-order valence-electron chi connectivity index (χ1n) is 6.28. The molecule has 1 aromatic carbocycles. The zero-order valence-electron chi connectivity index (χ0n) is 12.2. The van der Waals surface area contributed by atoms with Crippen molar-refractivity contribution in [3.8, 4) is 0 Å². The molecule has 0 aliphatic carbocycles. The summed E-state index contributed by atoms with van der Waals surface area (Å²) < 4.78 is 26.6. The van der Waals surface area contributed by atoms with Crippen molar-refractivity contribution in [3.63, 3.8) is 0 Å². The summed E-state index contributed by atoms with van der Waals surface area (Å²) in [5.41, 5.74) is 6.06. The van der Waals surface area contributed by atoms with E-state index in [2.05, 4.69) is 0 Å². The molecule has 1 aromatic rings. The maximum absolute atomic E-state index is 12.6. The summed E-state index contributed by atoms with van der Waals surface area (Å²) in [7, 11) is -2.07. The molecule has 0 aliphatic heterocycles. The molecule has 0 aromatic heterocycles. The fourth-order valence-electron chi connectivity index (χ4n) is 1.73. The Kier molecular flexibility index (Phi) is 6.93. The van der Waals surface area contributed by atoms with E-state index in [1.165, 1.54) is 16.4 Å². The van der Waals surface area contributed by atoms with E-state index in [-0.39, 0.29) is 20.9 Å². The van der Waals surface area contributed by atoms with Crippen LogP contribution in [0, 0.1) is 0 Å².